The Labute approximate surface area is 361 Å². The fourth-order valence-electron chi connectivity index (χ4n) is 7.68. The molecule has 0 bridgehead atoms. The second kappa shape index (κ2) is 18.7. The summed E-state index contributed by atoms with van der Waals surface area (Å²) in [6.45, 7) is 6.40. The molecule has 0 saturated carbocycles. The average Bonchev–Trinajstić information content (AvgIpc) is 3.30. The smallest absolute Gasteiger partial charge is 0.0967 e. The molecule has 8 rings (SSSR count). The molecule has 0 amide bonds. The predicted octanol–water partition coefficient (Wildman–Crippen LogP) is 15.6. The van der Waals surface area contributed by atoms with Gasteiger partial charge < -0.3 is 19.6 Å². The predicted molar refractivity (Wildman–Crippen MR) is 260 cm³/mol. The molecule has 0 saturated heterocycles. The summed E-state index contributed by atoms with van der Waals surface area (Å²) in [7, 11) is 0. The molecule has 0 fully saturated rings. The zero-order chi connectivity index (χ0) is 42.0. The highest BCUT2D eigenvalue weighted by Gasteiger charge is 2.19. The summed E-state index contributed by atoms with van der Waals surface area (Å²) in [6.07, 6.45) is 10.5. The number of terminal acetylenes is 1. The van der Waals surface area contributed by atoms with Gasteiger partial charge in [0.05, 0.1) is 5.70 Å². The lowest BCUT2D eigenvalue weighted by Crippen LogP contribution is -2.17. The Morgan fingerprint density at radius 1 is 0.361 bits per heavy atom. The Morgan fingerprint density at radius 2 is 0.672 bits per heavy atom. The Kier molecular flexibility index (Phi) is 12.2. The van der Waals surface area contributed by atoms with Crippen LogP contribution in [0.3, 0.4) is 0 Å². The monoisotopic (exact) mass is 788 g/mol. The van der Waals surface area contributed by atoms with E-state index in [1.54, 1.807) is 0 Å². The number of rotatable bonds is 13. The zero-order valence-electron chi connectivity index (χ0n) is 34.8. The summed E-state index contributed by atoms with van der Waals surface area (Å²) in [4.78, 5) is 8.99. The molecule has 8 aromatic rings. The molecule has 0 spiro atoms. The number of anilines is 10. The van der Waals surface area contributed by atoms with E-state index in [2.05, 4.69) is 234 Å². The van der Waals surface area contributed by atoms with Gasteiger partial charge in [-0.1, -0.05) is 103 Å². The van der Waals surface area contributed by atoms with Crippen LogP contribution in [0.2, 0.25) is 0 Å². The number of hydrogen-bond acceptors (Lipinski definition) is 4. The van der Waals surface area contributed by atoms with Crippen molar-refractivity contribution in [2.45, 2.75) is 20.8 Å². The van der Waals surface area contributed by atoms with Crippen LogP contribution in [-0.4, -0.2) is 0 Å². The van der Waals surface area contributed by atoms with E-state index in [9.17, 15) is 0 Å². The minimum atomic E-state index is 0.718. The lowest BCUT2D eigenvalue weighted by molar-refractivity contribution is 1.15. The van der Waals surface area contributed by atoms with Crippen LogP contribution in [0.4, 0.5) is 56.9 Å². The van der Waals surface area contributed by atoms with Crippen LogP contribution >= 0.6 is 0 Å². The fourth-order valence-corrected chi connectivity index (χ4v) is 7.68. The summed E-state index contributed by atoms with van der Waals surface area (Å²) < 4.78 is 0. The topological polar surface area (TPSA) is 13.0 Å². The van der Waals surface area contributed by atoms with Crippen molar-refractivity contribution in [3.8, 4) is 12.3 Å². The van der Waals surface area contributed by atoms with Gasteiger partial charge in [0.15, 0.2) is 0 Å². The lowest BCUT2D eigenvalue weighted by Gasteiger charge is -2.30. The highest BCUT2D eigenvalue weighted by Crippen LogP contribution is 2.40. The van der Waals surface area contributed by atoms with Crippen LogP contribution in [0.5, 0.6) is 0 Å². The van der Waals surface area contributed by atoms with Crippen LogP contribution in [0.25, 0.3) is 0 Å². The van der Waals surface area contributed by atoms with Gasteiger partial charge in [-0.15, -0.1) is 6.42 Å². The molecular formula is C57H48N4. The maximum atomic E-state index is 6.32. The second-order valence-corrected chi connectivity index (χ2v) is 14.9. The van der Waals surface area contributed by atoms with Gasteiger partial charge in [0.25, 0.3) is 0 Å². The first-order valence-electron chi connectivity index (χ1n) is 20.6. The van der Waals surface area contributed by atoms with E-state index in [0.29, 0.717) is 0 Å². The Hall–Kier alpha value is -8.00. The summed E-state index contributed by atoms with van der Waals surface area (Å²) in [5.41, 5.74) is 14.6. The molecule has 0 aliphatic heterocycles. The van der Waals surface area contributed by atoms with Crippen LogP contribution in [-0.2, 0) is 0 Å². The minimum Gasteiger partial charge on any atom is -0.315 e. The summed E-state index contributed by atoms with van der Waals surface area (Å²) in [5, 5.41) is 0. The molecule has 8 aromatic carbocycles. The molecule has 0 aliphatic rings. The standard InChI is InChI=1S/C57H48N4/c1-5-47(59(48-22-10-6-11-23-48)49-24-12-7-13-25-49)33-32-46(4)58(52-34-38-54(39-35-52)60(50-26-14-8-15-27-50)56-30-18-20-44(2)42-56)53-36-40-55(41-37-53)61(51-28-16-9-17-29-51)57-31-19-21-45(3)43-57/h1,6-43H,2-4H3/b46-32+,47-33+. The van der Waals surface area contributed by atoms with Gasteiger partial charge in [-0.25, -0.2) is 0 Å². The highest BCUT2D eigenvalue weighted by atomic mass is 15.2. The van der Waals surface area contributed by atoms with Gasteiger partial charge in [-0.05, 0) is 165 Å². The van der Waals surface area contributed by atoms with E-state index in [1.165, 1.54) is 11.1 Å². The molecule has 61 heavy (non-hydrogen) atoms. The molecule has 0 heterocycles. The van der Waals surface area contributed by atoms with Crippen molar-refractivity contribution in [2.75, 3.05) is 19.6 Å². The fraction of sp³-hybridized carbons (Fsp3) is 0.0526. The van der Waals surface area contributed by atoms with E-state index < -0.39 is 0 Å². The van der Waals surface area contributed by atoms with Crippen LogP contribution in [0.1, 0.15) is 18.1 Å². The largest absolute Gasteiger partial charge is 0.315 e. The van der Waals surface area contributed by atoms with Crippen LogP contribution in [0, 0.1) is 26.2 Å². The number of allylic oxidation sites excluding steroid dienone is 4. The average molecular weight is 789 g/mol. The second-order valence-electron chi connectivity index (χ2n) is 14.9. The first kappa shape index (κ1) is 39.8. The molecule has 0 atom stereocenters. The highest BCUT2D eigenvalue weighted by molar-refractivity contribution is 5.81. The number of nitrogens with zero attached hydrogens (tertiary/aromatic N) is 4. The summed E-state index contributed by atoms with van der Waals surface area (Å²) in [6, 6.07) is 76.3. The summed E-state index contributed by atoms with van der Waals surface area (Å²) in [5.74, 6) is 3.00. The molecule has 296 valence electrons. The van der Waals surface area contributed by atoms with Crippen LogP contribution in [0.15, 0.2) is 242 Å². The maximum Gasteiger partial charge on any atom is 0.0967 e. The third-order valence-corrected chi connectivity index (χ3v) is 10.5. The molecule has 0 unspecified atom stereocenters. The van der Waals surface area contributed by atoms with Crippen molar-refractivity contribution < 1.29 is 0 Å². The number of aryl methyl sites for hydroxylation is 2. The van der Waals surface area contributed by atoms with Crippen molar-refractivity contribution in [1.82, 2.24) is 0 Å². The molecule has 0 aromatic heterocycles. The summed E-state index contributed by atoms with van der Waals surface area (Å²) >= 11 is 0. The van der Waals surface area contributed by atoms with E-state index in [1.807, 2.05) is 42.5 Å². The van der Waals surface area contributed by atoms with Crippen molar-refractivity contribution in [3.05, 3.63) is 253 Å². The first-order valence-corrected chi connectivity index (χ1v) is 20.6. The van der Waals surface area contributed by atoms with Crippen molar-refractivity contribution in [1.29, 1.82) is 0 Å². The van der Waals surface area contributed by atoms with Crippen molar-refractivity contribution >= 4 is 56.9 Å². The van der Waals surface area contributed by atoms with Gasteiger partial charge in [0.2, 0.25) is 0 Å². The van der Waals surface area contributed by atoms with E-state index in [4.69, 9.17) is 6.42 Å². The molecular weight excluding hydrogens is 741 g/mol. The van der Waals surface area contributed by atoms with Crippen molar-refractivity contribution in [2.24, 2.45) is 0 Å². The Balaban J connectivity index is 1.22. The number of benzene rings is 8. The lowest BCUT2D eigenvalue weighted by atomic mass is 10.1. The Morgan fingerprint density at radius 3 is 1.03 bits per heavy atom. The van der Waals surface area contributed by atoms with Gasteiger partial charge in [0.1, 0.15) is 0 Å². The molecule has 0 N–H and O–H groups in total. The van der Waals surface area contributed by atoms with Gasteiger partial charge in [0, 0.05) is 62.6 Å². The van der Waals surface area contributed by atoms with Gasteiger partial charge >= 0.3 is 0 Å². The van der Waals surface area contributed by atoms with Gasteiger partial charge in [-0.3, -0.25) is 0 Å². The molecule has 0 aliphatic carbocycles. The zero-order valence-corrected chi connectivity index (χ0v) is 34.8. The first-order chi connectivity index (χ1) is 30.0. The van der Waals surface area contributed by atoms with Crippen LogP contribution < -0.4 is 19.6 Å². The Bertz CT molecular complexity index is 2600. The van der Waals surface area contributed by atoms with Gasteiger partial charge in [-0.2, -0.15) is 0 Å². The third-order valence-electron chi connectivity index (χ3n) is 10.5. The van der Waals surface area contributed by atoms with E-state index in [-0.39, 0.29) is 0 Å². The van der Waals surface area contributed by atoms with Crippen molar-refractivity contribution in [3.63, 3.8) is 0 Å². The van der Waals surface area contributed by atoms with E-state index in [0.717, 1.165) is 68.3 Å². The molecule has 4 heteroatoms. The number of hydrogen-bond donors (Lipinski definition) is 0. The normalized spacial score (nSPS) is 11.4. The maximum absolute atomic E-state index is 6.32. The third kappa shape index (κ3) is 9.18. The SMILES string of the molecule is C#C/C(=C\C=C(/C)N(c1ccc(N(c2ccccc2)c2cccc(C)c2)cc1)c1ccc(N(c2ccccc2)c2cccc(C)c2)cc1)N(c1ccccc1)c1ccccc1. The molecule has 0 radical (unpaired) electrons. The number of para-hydroxylation sites is 4. The van der Waals surface area contributed by atoms with E-state index >= 15 is 0 Å². The molecule has 4 nitrogen and oxygen atoms in total. The quantitative estimate of drug-likeness (QED) is 0.0852. The minimum absolute atomic E-state index is 0.718.